The average Bonchev–Trinajstić information content (AvgIpc) is 2.46. The second-order valence-corrected chi connectivity index (χ2v) is 4.72. The van der Waals surface area contributed by atoms with Crippen molar-refractivity contribution in [2.24, 2.45) is 11.1 Å². The van der Waals surface area contributed by atoms with Crippen LogP contribution in [0.5, 0.6) is 5.75 Å². The molecule has 7 heteroatoms. The molecular weight excluding hydrogens is 262 g/mol. The SMILES string of the molecule is CCC(C)(CN)C(=O)Nc1ccc(OC)c([N+](=O)[O-])c1. The van der Waals surface area contributed by atoms with Crippen LogP contribution in [0, 0.1) is 15.5 Å². The molecule has 1 atom stereocenters. The Bertz CT molecular complexity index is 512. The van der Waals surface area contributed by atoms with Gasteiger partial charge in [0.25, 0.3) is 0 Å². The van der Waals surface area contributed by atoms with E-state index in [0.29, 0.717) is 12.1 Å². The molecule has 0 spiro atoms. The van der Waals surface area contributed by atoms with Gasteiger partial charge < -0.3 is 15.8 Å². The number of benzene rings is 1. The molecule has 0 aliphatic heterocycles. The number of nitro groups is 1. The van der Waals surface area contributed by atoms with Crippen molar-refractivity contribution in [3.63, 3.8) is 0 Å². The number of amides is 1. The van der Waals surface area contributed by atoms with Gasteiger partial charge in [-0.15, -0.1) is 0 Å². The fourth-order valence-corrected chi connectivity index (χ4v) is 1.59. The number of carbonyl (C=O) groups excluding carboxylic acids is 1. The van der Waals surface area contributed by atoms with Crippen molar-refractivity contribution in [2.45, 2.75) is 20.3 Å². The zero-order chi connectivity index (χ0) is 15.3. The molecule has 1 unspecified atom stereocenters. The first-order chi connectivity index (χ1) is 9.37. The molecular formula is C13H19N3O4. The van der Waals surface area contributed by atoms with Crippen LogP contribution in [0.1, 0.15) is 20.3 Å². The van der Waals surface area contributed by atoms with E-state index < -0.39 is 10.3 Å². The van der Waals surface area contributed by atoms with Crippen molar-refractivity contribution in [3.05, 3.63) is 28.3 Å². The van der Waals surface area contributed by atoms with Crippen LogP contribution in [0.3, 0.4) is 0 Å². The van der Waals surface area contributed by atoms with E-state index in [4.69, 9.17) is 10.5 Å². The summed E-state index contributed by atoms with van der Waals surface area (Å²) in [5, 5.41) is 13.6. The Morgan fingerprint density at radius 2 is 2.20 bits per heavy atom. The molecule has 110 valence electrons. The third kappa shape index (κ3) is 3.24. The highest BCUT2D eigenvalue weighted by molar-refractivity contribution is 5.95. The summed E-state index contributed by atoms with van der Waals surface area (Å²) in [6.07, 6.45) is 0.577. The summed E-state index contributed by atoms with van der Waals surface area (Å²) in [7, 11) is 1.35. The van der Waals surface area contributed by atoms with Crippen molar-refractivity contribution in [2.75, 3.05) is 19.0 Å². The summed E-state index contributed by atoms with van der Waals surface area (Å²) < 4.78 is 4.90. The number of nitrogens with zero attached hydrogens (tertiary/aromatic N) is 1. The van der Waals surface area contributed by atoms with Gasteiger partial charge in [-0.3, -0.25) is 14.9 Å². The summed E-state index contributed by atoms with van der Waals surface area (Å²) in [5.41, 5.74) is 5.05. The number of rotatable bonds is 6. The fourth-order valence-electron chi connectivity index (χ4n) is 1.59. The predicted octanol–water partition coefficient (Wildman–Crippen LogP) is 1.92. The highest BCUT2D eigenvalue weighted by Gasteiger charge is 2.30. The van der Waals surface area contributed by atoms with Gasteiger partial charge in [-0.25, -0.2) is 0 Å². The lowest BCUT2D eigenvalue weighted by Crippen LogP contribution is -2.39. The van der Waals surface area contributed by atoms with Gasteiger partial charge in [0.2, 0.25) is 5.91 Å². The highest BCUT2D eigenvalue weighted by Crippen LogP contribution is 2.30. The Hall–Kier alpha value is -2.15. The number of carbonyl (C=O) groups is 1. The largest absolute Gasteiger partial charge is 0.490 e. The number of ether oxygens (including phenoxy) is 1. The number of nitro benzene ring substituents is 1. The quantitative estimate of drug-likeness (QED) is 0.611. The summed E-state index contributed by atoms with van der Waals surface area (Å²) >= 11 is 0. The number of hydrogen-bond donors (Lipinski definition) is 2. The monoisotopic (exact) mass is 281 g/mol. The van der Waals surface area contributed by atoms with Crippen LogP contribution >= 0.6 is 0 Å². The first-order valence-electron chi connectivity index (χ1n) is 6.22. The molecule has 0 aromatic heterocycles. The second kappa shape index (κ2) is 6.33. The van der Waals surface area contributed by atoms with E-state index in [0.717, 1.165) is 0 Å². The van der Waals surface area contributed by atoms with Crippen molar-refractivity contribution >= 4 is 17.3 Å². The molecule has 0 radical (unpaired) electrons. The summed E-state index contributed by atoms with van der Waals surface area (Å²) in [4.78, 5) is 22.5. The minimum absolute atomic E-state index is 0.144. The summed E-state index contributed by atoms with van der Waals surface area (Å²) in [6.45, 7) is 3.82. The van der Waals surface area contributed by atoms with Crippen molar-refractivity contribution in [1.82, 2.24) is 0 Å². The molecule has 0 saturated carbocycles. The second-order valence-electron chi connectivity index (χ2n) is 4.72. The Kier molecular flexibility index (Phi) is 5.04. The lowest BCUT2D eigenvalue weighted by Gasteiger charge is -2.24. The number of hydrogen-bond acceptors (Lipinski definition) is 5. The third-order valence-electron chi connectivity index (χ3n) is 3.41. The van der Waals surface area contributed by atoms with E-state index in [2.05, 4.69) is 5.32 Å². The van der Waals surface area contributed by atoms with Gasteiger partial charge in [0.05, 0.1) is 17.4 Å². The summed E-state index contributed by atoms with van der Waals surface area (Å²) in [6, 6.07) is 4.26. The molecule has 0 bridgehead atoms. The molecule has 3 N–H and O–H groups in total. The third-order valence-corrected chi connectivity index (χ3v) is 3.41. The standard InChI is InChI=1S/C13H19N3O4/c1-4-13(2,8-14)12(17)15-9-5-6-11(20-3)10(7-9)16(18)19/h5-7H,4,8,14H2,1-3H3,(H,15,17). The van der Waals surface area contributed by atoms with E-state index in [-0.39, 0.29) is 23.9 Å². The molecule has 20 heavy (non-hydrogen) atoms. The van der Waals surface area contributed by atoms with Crippen LogP contribution in [-0.4, -0.2) is 24.5 Å². The van der Waals surface area contributed by atoms with Crippen LogP contribution in [-0.2, 0) is 4.79 Å². The molecule has 0 aliphatic carbocycles. The average molecular weight is 281 g/mol. The van der Waals surface area contributed by atoms with Crippen LogP contribution in [0.2, 0.25) is 0 Å². The van der Waals surface area contributed by atoms with Crippen LogP contribution in [0.15, 0.2) is 18.2 Å². The molecule has 0 aliphatic rings. The summed E-state index contributed by atoms with van der Waals surface area (Å²) in [5.74, 6) is -0.118. The molecule has 1 amide bonds. The maximum Gasteiger partial charge on any atom is 0.312 e. The Labute approximate surface area is 117 Å². The lowest BCUT2D eigenvalue weighted by atomic mass is 9.86. The normalized spacial score (nSPS) is 13.4. The molecule has 1 rings (SSSR count). The molecule has 0 fully saturated rings. The Balaban J connectivity index is 3.02. The fraction of sp³-hybridized carbons (Fsp3) is 0.462. The van der Waals surface area contributed by atoms with Crippen molar-refractivity contribution in [1.29, 1.82) is 0 Å². The number of anilines is 1. The molecule has 7 nitrogen and oxygen atoms in total. The maximum atomic E-state index is 12.1. The number of methoxy groups -OCH3 is 1. The molecule has 0 heterocycles. The van der Waals surface area contributed by atoms with Gasteiger partial charge in [0.1, 0.15) is 0 Å². The first kappa shape index (κ1) is 15.9. The smallest absolute Gasteiger partial charge is 0.312 e. The van der Waals surface area contributed by atoms with Crippen LogP contribution in [0.25, 0.3) is 0 Å². The minimum Gasteiger partial charge on any atom is -0.490 e. The van der Waals surface area contributed by atoms with Crippen molar-refractivity contribution in [3.8, 4) is 5.75 Å². The van der Waals surface area contributed by atoms with Gasteiger partial charge in [0.15, 0.2) is 5.75 Å². The van der Waals surface area contributed by atoms with Gasteiger partial charge in [-0.1, -0.05) is 6.92 Å². The zero-order valence-corrected chi connectivity index (χ0v) is 11.8. The van der Waals surface area contributed by atoms with E-state index in [9.17, 15) is 14.9 Å². The predicted molar refractivity (Wildman–Crippen MR) is 75.7 cm³/mol. The van der Waals surface area contributed by atoms with Gasteiger partial charge in [0, 0.05) is 18.3 Å². The van der Waals surface area contributed by atoms with Gasteiger partial charge >= 0.3 is 5.69 Å². The lowest BCUT2D eigenvalue weighted by molar-refractivity contribution is -0.385. The molecule has 0 saturated heterocycles. The number of nitrogens with one attached hydrogen (secondary N) is 1. The highest BCUT2D eigenvalue weighted by atomic mass is 16.6. The van der Waals surface area contributed by atoms with Gasteiger partial charge in [-0.05, 0) is 25.5 Å². The minimum atomic E-state index is -0.700. The van der Waals surface area contributed by atoms with Crippen LogP contribution < -0.4 is 15.8 Å². The Morgan fingerprint density at radius 3 is 2.65 bits per heavy atom. The maximum absolute atomic E-state index is 12.1. The van der Waals surface area contributed by atoms with E-state index in [1.807, 2.05) is 6.92 Å². The number of nitrogens with two attached hydrogens (primary N) is 1. The first-order valence-corrected chi connectivity index (χ1v) is 6.22. The van der Waals surface area contributed by atoms with Crippen molar-refractivity contribution < 1.29 is 14.5 Å². The zero-order valence-electron chi connectivity index (χ0n) is 11.8. The Morgan fingerprint density at radius 1 is 1.55 bits per heavy atom. The topological polar surface area (TPSA) is 107 Å². The van der Waals surface area contributed by atoms with Crippen LogP contribution in [0.4, 0.5) is 11.4 Å². The molecule has 1 aromatic rings. The molecule has 1 aromatic carbocycles. The van der Waals surface area contributed by atoms with Gasteiger partial charge in [-0.2, -0.15) is 0 Å². The van der Waals surface area contributed by atoms with E-state index in [1.54, 1.807) is 13.0 Å². The van der Waals surface area contributed by atoms with E-state index in [1.165, 1.54) is 19.2 Å². The van der Waals surface area contributed by atoms with E-state index >= 15 is 0 Å².